The van der Waals surface area contributed by atoms with E-state index in [9.17, 15) is 4.79 Å². The van der Waals surface area contributed by atoms with Crippen molar-refractivity contribution in [2.45, 2.75) is 19.1 Å². The van der Waals surface area contributed by atoms with Gasteiger partial charge in [-0.05, 0) is 31.2 Å². The van der Waals surface area contributed by atoms with Crippen LogP contribution in [0.4, 0.5) is 0 Å². The lowest BCUT2D eigenvalue weighted by Gasteiger charge is -2.36. The van der Waals surface area contributed by atoms with Crippen molar-refractivity contribution in [1.82, 2.24) is 4.90 Å². The van der Waals surface area contributed by atoms with E-state index in [1.54, 1.807) is 0 Å². The van der Waals surface area contributed by atoms with Gasteiger partial charge in [-0.3, -0.25) is 4.79 Å². The number of halogens is 2. The summed E-state index contributed by atoms with van der Waals surface area (Å²) in [6, 6.07) is 7.46. The van der Waals surface area contributed by atoms with Gasteiger partial charge in [0.25, 0.3) is 5.91 Å². The quantitative estimate of drug-likeness (QED) is 0.742. The Morgan fingerprint density at radius 2 is 2.06 bits per heavy atom. The zero-order valence-corrected chi connectivity index (χ0v) is 13.3. The molecule has 2 rings (SSSR count). The molecule has 1 fully saturated rings. The van der Waals surface area contributed by atoms with Crippen LogP contribution in [0.15, 0.2) is 28.7 Å². The second-order valence-corrected chi connectivity index (χ2v) is 6.00. The van der Waals surface area contributed by atoms with Gasteiger partial charge in [-0.25, -0.2) is 0 Å². The molecular weight excluding hydrogens is 362 g/mol. The molecule has 0 saturated carbocycles. The molecule has 0 bridgehead atoms. The molecular formula is C13H15Br2NO2. The van der Waals surface area contributed by atoms with Crippen molar-refractivity contribution in [3.05, 3.63) is 34.3 Å². The third-order valence-corrected chi connectivity index (χ3v) is 4.13. The predicted molar refractivity (Wildman–Crippen MR) is 78.2 cm³/mol. The van der Waals surface area contributed by atoms with E-state index in [4.69, 9.17) is 4.74 Å². The van der Waals surface area contributed by atoms with Gasteiger partial charge in [-0.1, -0.05) is 31.9 Å². The Morgan fingerprint density at radius 1 is 1.39 bits per heavy atom. The van der Waals surface area contributed by atoms with Crippen molar-refractivity contribution < 1.29 is 9.53 Å². The summed E-state index contributed by atoms with van der Waals surface area (Å²) in [5, 5.41) is 0.751. The highest BCUT2D eigenvalue weighted by Crippen LogP contribution is 2.17. The number of ether oxygens (including phenoxy) is 1. The Labute approximate surface area is 124 Å². The smallest absolute Gasteiger partial charge is 0.254 e. The Hall–Kier alpha value is -0.390. The highest BCUT2D eigenvalue weighted by atomic mass is 79.9. The Morgan fingerprint density at radius 3 is 2.67 bits per heavy atom. The third kappa shape index (κ3) is 3.33. The van der Waals surface area contributed by atoms with Crippen molar-refractivity contribution in [3.8, 4) is 0 Å². The van der Waals surface area contributed by atoms with E-state index >= 15 is 0 Å². The number of rotatable bonds is 2. The molecule has 0 N–H and O–H groups in total. The fourth-order valence-electron chi connectivity index (χ4n) is 2.07. The molecule has 2 atom stereocenters. The summed E-state index contributed by atoms with van der Waals surface area (Å²) in [6.45, 7) is 3.29. The van der Waals surface area contributed by atoms with Gasteiger partial charge in [0.15, 0.2) is 0 Å². The molecule has 18 heavy (non-hydrogen) atoms. The standard InChI is InChI=1S/C13H15Br2NO2/c1-9-7-16(8-12(6-14)18-9)13(17)10-2-4-11(15)5-3-10/h2-5,9,12H,6-8H2,1H3. The predicted octanol–water partition coefficient (Wildman–Crippen LogP) is 3.07. The SMILES string of the molecule is CC1CN(C(=O)c2ccc(Br)cc2)CC(CBr)O1. The van der Waals surface area contributed by atoms with Gasteiger partial charge in [0, 0.05) is 28.5 Å². The summed E-state index contributed by atoms with van der Waals surface area (Å²) < 4.78 is 6.70. The monoisotopic (exact) mass is 375 g/mol. The van der Waals surface area contributed by atoms with Crippen LogP contribution in [0.2, 0.25) is 0 Å². The number of nitrogens with zero attached hydrogens (tertiary/aromatic N) is 1. The lowest BCUT2D eigenvalue weighted by molar-refractivity contribution is -0.0559. The Balaban J connectivity index is 2.10. The number of carbonyl (C=O) groups is 1. The van der Waals surface area contributed by atoms with Crippen molar-refractivity contribution in [2.75, 3.05) is 18.4 Å². The zero-order chi connectivity index (χ0) is 13.1. The zero-order valence-electron chi connectivity index (χ0n) is 10.1. The Kier molecular flexibility index (Phi) is 4.81. The van der Waals surface area contributed by atoms with E-state index in [0.29, 0.717) is 13.1 Å². The normalized spacial score (nSPS) is 24.1. The molecule has 1 aliphatic heterocycles. The molecule has 1 aromatic rings. The number of amides is 1. The highest BCUT2D eigenvalue weighted by molar-refractivity contribution is 9.10. The van der Waals surface area contributed by atoms with Crippen LogP contribution < -0.4 is 0 Å². The lowest BCUT2D eigenvalue weighted by Crippen LogP contribution is -2.49. The van der Waals surface area contributed by atoms with E-state index in [1.807, 2.05) is 36.1 Å². The van der Waals surface area contributed by atoms with Gasteiger partial charge in [0.1, 0.15) is 0 Å². The van der Waals surface area contributed by atoms with Crippen LogP contribution in [0.1, 0.15) is 17.3 Å². The van der Waals surface area contributed by atoms with Crippen LogP contribution >= 0.6 is 31.9 Å². The van der Waals surface area contributed by atoms with Crippen molar-refractivity contribution in [1.29, 1.82) is 0 Å². The molecule has 98 valence electrons. The van der Waals surface area contributed by atoms with E-state index in [-0.39, 0.29) is 18.1 Å². The first-order valence-corrected chi connectivity index (χ1v) is 7.78. The fraction of sp³-hybridized carbons (Fsp3) is 0.462. The molecule has 0 aliphatic carbocycles. The molecule has 5 heteroatoms. The van der Waals surface area contributed by atoms with Gasteiger partial charge in [-0.2, -0.15) is 0 Å². The van der Waals surface area contributed by atoms with Crippen LogP contribution in [-0.4, -0.2) is 41.4 Å². The summed E-state index contributed by atoms with van der Waals surface area (Å²) in [4.78, 5) is 14.2. The minimum Gasteiger partial charge on any atom is -0.371 e. The maximum Gasteiger partial charge on any atom is 0.254 e. The Bertz CT molecular complexity index is 422. The number of hydrogen-bond acceptors (Lipinski definition) is 2. The molecule has 1 amide bonds. The number of benzene rings is 1. The van der Waals surface area contributed by atoms with Crippen LogP contribution in [0.5, 0.6) is 0 Å². The fourth-order valence-corrected chi connectivity index (χ4v) is 2.69. The first-order valence-electron chi connectivity index (χ1n) is 5.86. The average Bonchev–Trinajstić information content (AvgIpc) is 2.38. The molecule has 1 saturated heterocycles. The summed E-state index contributed by atoms with van der Waals surface area (Å²) in [7, 11) is 0. The van der Waals surface area contributed by atoms with Crippen LogP contribution in [-0.2, 0) is 4.74 Å². The van der Waals surface area contributed by atoms with Crippen LogP contribution in [0.25, 0.3) is 0 Å². The second-order valence-electron chi connectivity index (χ2n) is 4.44. The topological polar surface area (TPSA) is 29.5 Å². The van der Waals surface area contributed by atoms with Crippen molar-refractivity contribution >= 4 is 37.8 Å². The molecule has 1 aromatic carbocycles. The second kappa shape index (κ2) is 6.17. The maximum atomic E-state index is 12.4. The molecule has 1 heterocycles. The number of carbonyl (C=O) groups excluding carboxylic acids is 1. The number of morpholine rings is 1. The summed E-state index contributed by atoms with van der Waals surface area (Å²) in [5.74, 6) is 0.0728. The molecule has 2 unspecified atom stereocenters. The summed E-state index contributed by atoms with van der Waals surface area (Å²) >= 11 is 6.78. The average molecular weight is 377 g/mol. The number of hydrogen-bond donors (Lipinski definition) is 0. The molecule has 0 spiro atoms. The number of alkyl halides is 1. The maximum absolute atomic E-state index is 12.4. The summed E-state index contributed by atoms with van der Waals surface area (Å²) in [6.07, 6.45) is 0.161. The highest BCUT2D eigenvalue weighted by Gasteiger charge is 2.28. The third-order valence-electron chi connectivity index (χ3n) is 2.88. The van der Waals surface area contributed by atoms with E-state index < -0.39 is 0 Å². The van der Waals surface area contributed by atoms with Crippen molar-refractivity contribution in [3.63, 3.8) is 0 Å². The van der Waals surface area contributed by atoms with Gasteiger partial charge in [0.05, 0.1) is 12.2 Å². The molecule has 0 radical (unpaired) electrons. The van der Waals surface area contributed by atoms with Gasteiger partial charge < -0.3 is 9.64 Å². The van der Waals surface area contributed by atoms with E-state index in [2.05, 4.69) is 31.9 Å². The van der Waals surface area contributed by atoms with Crippen molar-refractivity contribution in [2.24, 2.45) is 0 Å². The first-order chi connectivity index (χ1) is 8.60. The molecule has 3 nitrogen and oxygen atoms in total. The molecule has 1 aliphatic rings. The minimum atomic E-state index is 0.0728. The minimum absolute atomic E-state index is 0.0728. The van der Waals surface area contributed by atoms with Gasteiger partial charge in [0.2, 0.25) is 0 Å². The van der Waals surface area contributed by atoms with Crippen LogP contribution in [0, 0.1) is 0 Å². The van der Waals surface area contributed by atoms with Crippen LogP contribution in [0.3, 0.4) is 0 Å². The molecule has 0 aromatic heterocycles. The van der Waals surface area contributed by atoms with E-state index in [0.717, 1.165) is 15.4 Å². The van der Waals surface area contributed by atoms with Gasteiger partial charge >= 0.3 is 0 Å². The summed E-state index contributed by atoms with van der Waals surface area (Å²) in [5.41, 5.74) is 0.723. The van der Waals surface area contributed by atoms with Gasteiger partial charge in [-0.15, -0.1) is 0 Å². The largest absolute Gasteiger partial charge is 0.371 e. The lowest BCUT2D eigenvalue weighted by atomic mass is 10.1. The van der Waals surface area contributed by atoms with E-state index in [1.165, 1.54) is 0 Å². The first kappa shape index (κ1) is 14.0.